The molecular formula is C15H19BClNO7. The first-order valence-corrected chi connectivity index (χ1v) is 7.78. The second kappa shape index (κ2) is 7.94. The van der Waals surface area contributed by atoms with Gasteiger partial charge in [-0.1, -0.05) is 6.07 Å². The van der Waals surface area contributed by atoms with Crippen molar-refractivity contribution in [1.82, 2.24) is 4.90 Å². The normalized spacial score (nSPS) is 16.9. The summed E-state index contributed by atoms with van der Waals surface area (Å²) in [5, 5.41) is 27.8. The molecule has 8 nitrogen and oxygen atoms in total. The zero-order valence-corrected chi connectivity index (χ0v) is 14.2. The van der Waals surface area contributed by atoms with E-state index >= 15 is 0 Å². The second-order valence-corrected chi connectivity index (χ2v) is 5.99. The van der Waals surface area contributed by atoms with E-state index in [1.54, 1.807) is 12.1 Å². The minimum Gasteiger partial charge on any atom is -0.535 e. The van der Waals surface area contributed by atoms with Crippen molar-refractivity contribution in [3.8, 4) is 11.5 Å². The summed E-state index contributed by atoms with van der Waals surface area (Å²) in [5.41, 5.74) is 0.664. The molecule has 2 aliphatic heterocycles. The molecule has 10 heteroatoms. The average Bonchev–Trinajstić information content (AvgIpc) is 2.48. The maximum Gasteiger partial charge on any atom is 0.522 e. The summed E-state index contributed by atoms with van der Waals surface area (Å²) in [6.45, 7) is 1.54. The van der Waals surface area contributed by atoms with Crippen LogP contribution in [0.3, 0.4) is 0 Å². The number of benzene rings is 1. The van der Waals surface area contributed by atoms with Crippen LogP contribution in [-0.4, -0.2) is 64.9 Å². The molecule has 0 spiro atoms. The van der Waals surface area contributed by atoms with Crippen LogP contribution in [0, 0.1) is 0 Å². The van der Waals surface area contributed by atoms with Crippen LogP contribution in [-0.2, 0) is 11.2 Å². The van der Waals surface area contributed by atoms with Crippen LogP contribution in [0.4, 0.5) is 0 Å². The van der Waals surface area contributed by atoms with Gasteiger partial charge in [0.2, 0.25) is 0 Å². The highest BCUT2D eigenvalue weighted by molar-refractivity contribution is 6.44. The van der Waals surface area contributed by atoms with Gasteiger partial charge in [0.05, 0.1) is 6.42 Å². The topological polar surface area (TPSA) is 117 Å². The van der Waals surface area contributed by atoms with Gasteiger partial charge < -0.3 is 24.6 Å². The number of hydrogen-bond acceptors (Lipinski definition) is 6. The maximum absolute atomic E-state index is 11.6. The third-order valence-corrected chi connectivity index (χ3v) is 4.19. The van der Waals surface area contributed by atoms with Crippen molar-refractivity contribution in [2.75, 3.05) is 19.6 Å². The first-order chi connectivity index (χ1) is 11.4. The molecule has 0 atom stereocenters. The van der Waals surface area contributed by atoms with Gasteiger partial charge in [0.15, 0.2) is 0 Å². The molecule has 0 saturated carbocycles. The average molecular weight is 372 g/mol. The lowest BCUT2D eigenvalue weighted by Crippen LogP contribution is -2.54. The molecule has 0 amide bonds. The van der Waals surface area contributed by atoms with Crippen molar-refractivity contribution in [3.05, 3.63) is 23.3 Å². The molecule has 2 aliphatic rings. The molecule has 0 bridgehead atoms. The second-order valence-electron chi connectivity index (χ2n) is 5.99. The van der Waals surface area contributed by atoms with Crippen molar-refractivity contribution in [2.24, 2.45) is 0 Å². The van der Waals surface area contributed by atoms with Crippen LogP contribution in [0.5, 0.6) is 11.5 Å². The summed E-state index contributed by atoms with van der Waals surface area (Å²) < 4.78 is 11.1. The molecule has 1 saturated heterocycles. The third-order valence-electron chi connectivity index (χ3n) is 4.19. The van der Waals surface area contributed by atoms with Gasteiger partial charge in [-0.25, -0.2) is 4.79 Å². The minimum atomic E-state index is -1.17. The van der Waals surface area contributed by atoms with Gasteiger partial charge in [-0.05, 0) is 24.4 Å². The highest BCUT2D eigenvalue weighted by Crippen LogP contribution is 2.37. The number of fused-ring (bicyclic) bond motifs is 1. The zero-order chi connectivity index (χ0) is 17.3. The van der Waals surface area contributed by atoms with Crippen molar-refractivity contribution < 1.29 is 34.2 Å². The Morgan fingerprint density at radius 3 is 2.68 bits per heavy atom. The zero-order valence-electron chi connectivity index (χ0n) is 13.4. The SMILES string of the molecule is Cl.O=C(O)CCN1CC(Oc2ccc3c(c2C(=O)O)OB(O)CC3)C1. The molecule has 0 aliphatic carbocycles. The number of halogens is 1. The van der Waals surface area contributed by atoms with E-state index in [9.17, 15) is 19.7 Å². The largest absolute Gasteiger partial charge is 0.535 e. The Morgan fingerprint density at radius 1 is 1.32 bits per heavy atom. The Balaban J connectivity index is 0.00000225. The molecule has 2 heterocycles. The first kappa shape index (κ1) is 19.4. The Kier molecular flexibility index (Phi) is 6.15. The van der Waals surface area contributed by atoms with Crippen LogP contribution in [0.2, 0.25) is 6.32 Å². The number of nitrogens with zero attached hydrogens (tertiary/aromatic N) is 1. The number of aryl methyl sites for hydroxylation is 1. The van der Waals surface area contributed by atoms with Crippen LogP contribution < -0.4 is 9.39 Å². The van der Waals surface area contributed by atoms with Crippen molar-refractivity contribution >= 4 is 31.5 Å². The van der Waals surface area contributed by atoms with Crippen LogP contribution in [0.15, 0.2) is 12.1 Å². The van der Waals surface area contributed by atoms with Crippen molar-refractivity contribution in [3.63, 3.8) is 0 Å². The lowest BCUT2D eigenvalue weighted by Gasteiger charge is -2.39. The first-order valence-electron chi connectivity index (χ1n) is 7.78. The molecule has 3 N–H and O–H groups in total. The third kappa shape index (κ3) is 4.36. The van der Waals surface area contributed by atoms with Gasteiger partial charge in [-0.2, -0.15) is 0 Å². The van der Waals surface area contributed by atoms with Crippen molar-refractivity contribution in [1.29, 1.82) is 0 Å². The van der Waals surface area contributed by atoms with E-state index in [0.717, 1.165) is 5.56 Å². The number of aliphatic carboxylic acids is 1. The van der Waals surface area contributed by atoms with Crippen LogP contribution in [0.1, 0.15) is 22.3 Å². The number of carboxylic acids is 2. The van der Waals surface area contributed by atoms with E-state index in [1.807, 2.05) is 4.90 Å². The van der Waals surface area contributed by atoms with E-state index in [4.69, 9.17) is 14.5 Å². The fourth-order valence-electron chi connectivity index (χ4n) is 2.93. The van der Waals surface area contributed by atoms with Gasteiger partial charge in [0.25, 0.3) is 0 Å². The lowest BCUT2D eigenvalue weighted by atomic mass is 9.78. The van der Waals surface area contributed by atoms with E-state index in [-0.39, 0.29) is 42.0 Å². The summed E-state index contributed by atoms with van der Waals surface area (Å²) in [5.74, 6) is -1.64. The molecule has 1 aromatic rings. The smallest absolute Gasteiger partial charge is 0.522 e. The number of likely N-dealkylation sites (tertiary alicyclic amines) is 1. The van der Waals surface area contributed by atoms with E-state index < -0.39 is 19.1 Å². The summed E-state index contributed by atoms with van der Waals surface area (Å²) in [6.07, 6.45) is 0.845. The molecule has 0 aromatic heterocycles. The van der Waals surface area contributed by atoms with Gasteiger partial charge >= 0.3 is 19.1 Å². The summed E-state index contributed by atoms with van der Waals surface area (Å²) in [4.78, 5) is 24.1. The minimum absolute atomic E-state index is 0. The molecule has 1 fully saturated rings. The van der Waals surface area contributed by atoms with E-state index in [1.165, 1.54) is 0 Å². The predicted molar refractivity (Wildman–Crippen MR) is 90.9 cm³/mol. The quantitative estimate of drug-likeness (QED) is 0.628. The Bertz CT molecular complexity index is 666. The van der Waals surface area contributed by atoms with Crippen LogP contribution in [0.25, 0.3) is 0 Å². The standard InChI is InChI=1S/C15H18BNO7.ClH/c18-12(19)4-6-17-7-10(8-17)23-11-2-1-9-3-5-16(22)24-14(9)13(11)15(20)21;/h1-2,10,22H,3-8H2,(H,18,19)(H,20,21);1H. The van der Waals surface area contributed by atoms with E-state index in [0.29, 0.717) is 32.4 Å². The Morgan fingerprint density at radius 2 is 2.04 bits per heavy atom. The number of ether oxygens (including phenoxy) is 1. The Hall–Kier alpha value is -1.97. The molecule has 25 heavy (non-hydrogen) atoms. The highest BCUT2D eigenvalue weighted by Gasteiger charge is 2.33. The molecule has 1 aromatic carbocycles. The van der Waals surface area contributed by atoms with Gasteiger partial charge in [-0.3, -0.25) is 9.69 Å². The number of aromatic carboxylic acids is 1. The summed E-state index contributed by atoms with van der Waals surface area (Å²) >= 11 is 0. The van der Waals surface area contributed by atoms with Crippen LogP contribution >= 0.6 is 12.4 Å². The molecule has 3 rings (SSSR count). The van der Waals surface area contributed by atoms with Gasteiger partial charge in [-0.15, -0.1) is 12.4 Å². The van der Waals surface area contributed by atoms with Crippen molar-refractivity contribution in [2.45, 2.75) is 25.3 Å². The number of rotatable bonds is 6. The maximum atomic E-state index is 11.6. The monoisotopic (exact) mass is 371 g/mol. The molecule has 0 unspecified atom stereocenters. The van der Waals surface area contributed by atoms with E-state index in [2.05, 4.69) is 0 Å². The molecule has 136 valence electrons. The van der Waals surface area contributed by atoms with Gasteiger partial charge in [0.1, 0.15) is 23.2 Å². The lowest BCUT2D eigenvalue weighted by molar-refractivity contribution is -0.138. The number of carboxylic acid groups (broad SMARTS) is 2. The highest BCUT2D eigenvalue weighted by atomic mass is 35.5. The fraction of sp³-hybridized carbons (Fsp3) is 0.467. The number of hydrogen-bond donors (Lipinski definition) is 3. The predicted octanol–water partition coefficient (Wildman–Crippen LogP) is 0.760. The fourth-order valence-corrected chi connectivity index (χ4v) is 2.93. The summed E-state index contributed by atoms with van der Waals surface area (Å²) in [6, 6.07) is 3.37. The number of carbonyl (C=O) groups is 2. The molecule has 0 radical (unpaired) electrons. The van der Waals surface area contributed by atoms with Gasteiger partial charge in [0, 0.05) is 19.6 Å². The Labute approximate surface area is 150 Å². The molecular weight excluding hydrogens is 352 g/mol. The summed E-state index contributed by atoms with van der Waals surface area (Å²) in [7, 11) is -1.01.